The van der Waals surface area contributed by atoms with Gasteiger partial charge in [-0.2, -0.15) is 5.10 Å². The topological polar surface area (TPSA) is 84.3 Å². The van der Waals surface area contributed by atoms with Crippen molar-refractivity contribution in [3.05, 3.63) is 24.3 Å². The first-order valence-corrected chi connectivity index (χ1v) is 4.40. The number of hydrogen-bond acceptors (Lipinski definition) is 4. The molecule has 5 nitrogen and oxygen atoms in total. The van der Waals surface area contributed by atoms with Gasteiger partial charge in [-0.25, -0.2) is 0 Å². The molecule has 2 rings (SSSR count). The number of nitrogen functional groups attached to an aromatic ring is 1. The molecular formula is C10H11N3O2. The van der Waals surface area contributed by atoms with Crippen LogP contribution < -0.4 is 5.73 Å². The molecule has 0 saturated carbocycles. The Labute approximate surface area is 86.4 Å². The van der Waals surface area contributed by atoms with Gasteiger partial charge in [0.1, 0.15) is 17.3 Å². The molecule has 0 bridgehead atoms. The van der Waals surface area contributed by atoms with E-state index in [4.69, 9.17) is 10.8 Å². The number of rotatable bonds is 1. The maximum atomic E-state index is 9.59. The highest BCUT2D eigenvalue weighted by Gasteiger charge is 2.09. The molecular weight excluding hydrogens is 194 g/mol. The lowest BCUT2D eigenvalue weighted by Gasteiger charge is -2.00. The van der Waals surface area contributed by atoms with Crippen molar-refractivity contribution < 1.29 is 10.2 Å². The number of aromatic hydroxyl groups is 2. The molecule has 0 aliphatic rings. The van der Waals surface area contributed by atoms with E-state index in [1.165, 1.54) is 16.8 Å². The first-order chi connectivity index (χ1) is 7.08. The lowest BCUT2D eigenvalue weighted by atomic mass is 10.1. The van der Waals surface area contributed by atoms with Crippen molar-refractivity contribution in [1.82, 2.24) is 9.78 Å². The highest BCUT2D eigenvalue weighted by atomic mass is 16.3. The molecule has 5 heteroatoms. The molecule has 0 atom stereocenters. The van der Waals surface area contributed by atoms with Gasteiger partial charge >= 0.3 is 0 Å². The number of phenolic OH excluding ortho intramolecular Hbond substituents is 2. The second kappa shape index (κ2) is 3.20. The van der Waals surface area contributed by atoms with Gasteiger partial charge in [-0.1, -0.05) is 0 Å². The number of nitrogens with zero attached hydrogens (tertiary/aromatic N) is 2. The van der Waals surface area contributed by atoms with Gasteiger partial charge in [0.2, 0.25) is 0 Å². The van der Waals surface area contributed by atoms with E-state index >= 15 is 0 Å². The van der Waals surface area contributed by atoms with Gasteiger partial charge in [0, 0.05) is 24.7 Å². The van der Waals surface area contributed by atoms with Crippen LogP contribution in [-0.2, 0) is 7.05 Å². The molecule has 4 N–H and O–H groups in total. The van der Waals surface area contributed by atoms with Crippen molar-refractivity contribution in [2.24, 2.45) is 7.05 Å². The van der Waals surface area contributed by atoms with Gasteiger partial charge in [0.05, 0.1) is 5.69 Å². The fourth-order valence-electron chi connectivity index (χ4n) is 1.35. The molecule has 2 aromatic rings. The lowest BCUT2D eigenvalue weighted by molar-refractivity contribution is 0.451. The summed E-state index contributed by atoms with van der Waals surface area (Å²) in [6, 6.07) is 6.00. The normalized spacial score (nSPS) is 10.5. The van der Waals surface area contributed by atoms with Crippen LogP contribution in [0.2, 0.25) is 0 Å². The summed E-state index contributed by atoms with van der Waals surface area (Å²) >= 11 is 0. The molecule has 0 radical (unpaired) electrons. The predicted octanol–water partition coefficient (Wildman–Crippen LogP) is 1.08. The largest absolute Gasteiger partial charge is 0.508 e. The van der Waals surface area contributed by atoms with E-state index in [-0.39, 0.29) is 11.5 Å². The zero-order chi connectivity index (χ0) is 11.0. The summed E-state index contributed by atoms with van der Waals surface area (Å²) in [5, 5.41) is 22.8. The van der Waals surface area contributed by atoms with Crippen molar-refractivity contribution >= 4 is 5.82 Å². The van der Waals surface area contributed by atoms with E-state index in [9.17, 15) is 5.11 Å². The summed E-state index contributed by atoms with van der Waals surface area (Å²) in [7, 11) is 1.72. The summed E-state index contributed by atoms with van der Waals surface area (Å²) in [6.45, 7) is 0. The van der Waals surface area contributed by atoms with Gasteiger partial charge in [0.25, 0.3) is 0 Å². The van der Waals surface area contributed by atoms with Crippen LogP contribution in [-0.4, -0.2) is 20.0 Å². The number of aryl methyl sites for hydroxylation is 1. The van der Waals surface area contributed by atoms with Crippen LogP contribution >= 0.6 is 0 Å². The number of aromatic nitrogens is 2. The second-order valence-electron chi connectivity index (χ2n) is 3.28. The van der Waals surface area contributed by atoms with Crippen molar-refractivity contribution in [2.75, 3.05) is 5.73 Å². The molecule has 15 heavy (non-hydrogen) atoms. The quantitative estimate of drug-likeness (QED) is 0.650. The Morgan fingerprint density at radius 1 is 1.27 bits per heavy atom. The molecule has 0 saturated heterocycles. The van der Waals surface area contributed by atoms with E-state index in [0.717, 1.165) is 0 Å². The molecule has 1 heterocycles. The Morgan fingerprint density at radius 2 is 2.00 bits per heavy atom. The highest BCUT2D eigenvalue weighted by molar-refractivity contribution is 5.69. The van der Waals surface area contributed by atoms with Gasteiger partial charge in [0.15, 0.2) is 0 Å². The van der Waals surface area contributed by atoms with Crippen LogP contribution in [0.15, 0.2) is 24.3 Å². The standard InChI is InChI=1S/C10H11N3O2/c1-13-10(11)5-8(12-13)7-3-2-6(14)4-9(7)15/h2-5,14-15H,11H2,1H3. The second-order valence-corrected chi connectivity index (χ2v) is 3.28. The third-order valence-electron chi connectivity index (χ3n) is 2.17. The Hall–Kier alpha value is -2.17. The van der Waals surface area contributed by atoms with Crippen LogP contribution in [0.25, 0.3) is 11.3 Å². The molecule has 1 aromatic carbocycles. The van der Waals surface area contributed by atoms with Gasteiger partial charge < -0.3 is 15.9 Å². The zero-order valence-electron chi connectivity index (χ0n) is 8.18. The minimum absolute atomic E-state index is 0.0140. The third-order valence-corrected chi connectivity index (χ3v) is 2.17. The molecule has 0 amide bonds. The molecule has 0 aliphatic carbocycles. The Bertz CT molecular complexity index is 486. The van der Waals surface area contributed by atoms with Crippen molar-refractivity contribution in [2.45, 2.75) is 0 Å². The minimum atomic E-state index is -0.0203. The van der Waals surface area contributed by atoms with Crippen molar-refractivity contribution in [3.8, 4) is 22.8 Å². The monoisotopic (exact) mass is 205 g/mol. The summed E-state index contributed by atoms with van der Waals surface area (Å²) in [5.74, 6) is 0.505. The fraction of sp³-hybridized carbons (Fsp3) is 0.100. The predicted molar refractivity (Wildman–Crippen MR) is 56.4 cm³/mol. The van der Waals surface area contributed by atoms with Crippen LogP contribution in [0.1, 0.15) is 0 Å². The first kappa shape index (κ1) is 9.39. The molecule has 0 aliphatic heterocycles. The number of anilines is 1. The molecule has 1 aromatic heterocycles. The van der Waals surface area contributed by atoms with Gasteiger partial charge in [-0.05, 0) is 12.1 Å². The van der Waals surface area contributed by atoms with E-state index in [1.807, 2.05) is 0 Å². The molecule has 0 unspecified atom stereocenters. The SMILES string of the molecule is Cn1nc(-c2ccc(O)cc2O)cc1N. The van der Waals surface area contributed by atoms with Crippen LogP contribution in [0.3, 0.4) is 0 Å². The molecule has 0 spiro atoms. The first-order valence-electron chi connectivity index (χ1n) is 4.40. The zero-order valence-corrected chi connectivity index (χ0v) is 8.18. The number of nitrogens with two attached hydrogens (primary N) is 1. The van der Waals surface area contributed by atoms with E-state index in [0.29, 0.717) is 17.1 Å². The van der Waals surface area contributed by atoms with Gasteiger partial charge in [-0.15, -0.1) is 0 Å². The number of hydrogen-bond donors (Lipinski definition) is 3. The van der Waals surface area contributed by atoms with Crippen molar-refractivity contribution in [3.63, 3.8) is 0 Å². The molecule has 78 valence electrons. The van der Waals surface area contributed by atoms with Crippen molar-refractivity contribution in [1.29, 1.82) is 0 Å². The minimum Gasteiger partial charge on any atom is -0.508 e. The molecule has 0 fully saturated rings. The summed E-state index contributed by atoms with van der Waals surface area (Å²) < 4.78 is 1.52. The number of benzene rings is 1. The average molecular weight is 205 g/mol. The fourth-order valence-corrected chi connectivity index (χ4v) is 1.35. The third kappa shape index (κ3) is 1.59. The smallest absolute Gasteiger partial charge is 0.128 e. The Balaban J connectivity index is 2.54. The highest BCUT2D eigenvalue weighted by Crippen LogP contribution is 2.31. The van der Waals surface area contributed by atoms with E-state index in [2.05, 4.69) is 5.10 Å². The van der Waals surface area contributed by atoms with E-state index < -0.39 is 0 Å². The van der Waals surface area contributed by atoms with Crippen LogP contribution in [0.4, 0.5) is 5.82 Å². The van der Waals surface area contributed by atoms with Crippen LogP contribution in [0.5, 0.6) is 11.5 Å². The maximum Gasteiger partial charge on any atom is 0.128 e. The maximum absolute atomic E-state index is 9.59. The number of phenols is 2. The summed E-state index contributed by atoms with van der Waals surface area (Å²) in [6.07, 6.45) is 0. The van der Waals surface area contributed by atoms with Gasteiger partial charge in [-0.3, -0.25) is 4.68 Å². The average Bonchev–Trinajstić information content (AvgIpc) is 2.46. The Morgan fingerprint density at radius 3 is 2.53 bits per heavy atom. The summed E-state index contributed by atoms with van der Waals surface area (Å²) in [5.41, 5.74) is 6.75. The lowest BCUT2D eigenvalue weighted by Crippen LogP contribution is -1.96. The van der Waals surface area contributed by atoms with Crippen LogP contribution in [0, 0.1) is 0 Å². The Kier molecular flexibility index (Phi) is 2.00. The van der Waals surface area contributed by atoms with E-state index in [1.54, 1.807) is 19.2 Å². The summed E-state index contributed by atoms with van der Waals surface area (Å²) in [4.78, 5) is 0.